The van der Waals surface area contributed by atoms with Crippen molar-refractivity contribution in [2.24, 2.45) is 10.8 Å². The fraction of sp³-hybridized carbons (Fsp3) is 0.465. The van der Waals surface area contributed by atoms with Crippen molar-refractivity contribution in [2.45, 2.75) is 96.9 Å². The Morgan fingerprint density at radius 3 is 2.30 bits per heavy atom. The average molecular weight is 795 g/mol. The molecule has 1 saturated carbocycles. The predicted octanol–water partition coefficient (Wildman–Crippen LogP) is 5.49. The molecular weight excluding hydrogens is 748 g/mol. The van der Waals surface area contributed by atoms with Crippen molar-refractivity contribution >= 4 is 41.1 Å². The number of halogens is 1. The number of hydrogen-bond acceptors (Lipinski definition) is 10. The van der Waals surface area contributed by atoms with E-state index in [-0.39, 0.29) is 59.0 Å². The van der Waals surface area contributed by atoms with Gasteiger partial charge in [-0.25, -0.2) is 0 Å². The minimum atomic E-state index is -1.00. The van der Waals surface area contributed by atoms with E-state index in [1.807, 2.05) is 12.1 Å². The third kappa shape index (κ3) is 7.98. The summed E-state index contributed by atoms with van der Waals surface area (Å²) >= 11 is 6.23. The van der Waals surface area contributed by atoms with Crippen LogP contribution in [-0.4, -0.2) is 88.2 Å². The van der Waals surface area contributed by atoms with E-state index >= 15 is 0 Å². The number of imide groups is 2. The van der Waals surface area contributed by atoms with Crippen molar-refractivity contribution in [3.05, 3.63) is 87.7 Å². The molecule has 4 aliphatic rings. The number of amides is 5. The number of rotatable bonds is 12. The van der Waals surface area contributed by atoms with E-state index < -0.39 is 29.7 Å². The summed E-state index contributed by atoms with van der Waals surface area (Å²) in [6.07, 6.45) is 6.03. The first kappa shape index (κ1) is 39.9. The molecule has 3 aliphatic heterocycles. The Morgan fingerprint density at radius 1 is 0.930 bits per heavy atom. The summed E-state index contributed by atoms with van der Waals surface area (Å²) in [6, 6.07) is 14.6. The molecule has 1 aliphatic carbocycles. The van der Waals surface area contributed by atoms with Crippen LogP contribution in [0.15, 0.2) is 54.7 Å². The molecular formula is C43H47ClN6O7. The van der Waals surface area contributed by atoms with Gasteiger partial charge in [0.2, 0.25) is 11.8 Å². The number of ether oxygens (including phenoxy) is 2. The molecule has 2 N–H and O–H groups in total. The molecule has 3 fully saturated rings. The summed E-state index contributed by atoms with van der Waals surface area (Å²) in [5, 5.41) is 15.0. The molecule has 1 aromatic heterocycles. The first-order chi connectivity index (χ1) is 27.2. The van der Waals surface area contributed by atoms with Gasteiger partial charge in [-0.1, -0.05) is 39.3 Å². The van der Waals surface area contributed by atoms with Crippen LogP contribution in [0.3, 0.4) is 0 Å². The molecule has 0 radical (unpaired) electrons. The molecule has 7 rings (SSSR count). The minimum absolute atomic E-state index is 0.0256. The van der Waals surface area contributed by atoms with Crippen LogP contribution >= 0.6 is 11.6 Å². The van der Waals surface area contributed by atoms with E-state index in [4.69, 9.17) is 21.1 Å². The number of unbranched alkanes of at least 4 members (excludes halogenated alkanes) is 1. The van der Waals surface area contributed by atoms with Crippen molar-refractivity contribution in [1.82, 2.24) is 25.4 Å². The number of likely N-dealkylation sites (tertiary alicyclic amines) is 1. The lowest BCUT2D eigenvalue weighted by Gasteiger charge is -2.63. The first-order valence-electron chi connectivity index (χ1n) is 19.5. The lowest BCUT2D eigenvalue weighted by Crippen LogP contribution is -2.74. The third-order valence-electron chi connectivity index (χ3n) is 11.9. The highest BCUT2D eigenvalue weighted by molar-refractivity contribution is 6.31. The molecule has 3 aromatic rings. The molecule has 5 amide bonds. The van der Waals surface area contributed by atoms with Gasteiger partial charge >= 0.3 is 0 Å². The predicted molar refractivity (Wildman–Crippen MR) is 210 cm³/mol. The zero-order valence-electron chi connectivity index (χ0n) is 32.6. The zero-order chi connectivity index (χ0) is 40.6. The van der Waals surface area contributed by atoms with Crippen molar-refractivity contribution in [3.8, 4) is 17.6 Å². The number of nitrogens with zero attached hydrogens (tertiary/aromatic N) is 4. The van der Waals surface area contributed by atoms with Crippen molar-refractivity contribution in [3.63, 3.8) is 0 Å². The smallest absolute Gasteiger partial charge is 0.262 e. The topological polar surface area (TPSA) is 171 Å². The molecule has 1 atom stereocenters. The number of carbonyl (C=O) groups is 5. The lowest BCUT2D eigenvalue weighted by atomic mass is 9.49. The number of aromatic nitrogens is 1. The Balaban J connectivity index is 0.821. The van der Waals surface area contributed by atoms with Crippen LogP contribution in [0.5, 0.6) is 11.5 Å². The van der Waals surface area contributed by atoms with Gasteiger partial charge in [-0.3, -0.25) is 39.2 Å². The number of benzene rings is 2. The number of nitriles is 1. The summed E-state index contributed by atoms with van der Waals surface area (Å²) in [7, 11) is 0. The maximum atomic E-state index is 13.3. The van der Waals surface area contributed by atoms with Crippen LogP contribution in [0.4, 0.5) is 0 Å². The van der Waals surface area contributed by atoms with Crippen molar-refractivity contribution in [1.29, 1.82) is 5.26 Å². The van der Waals surface area contributed by atoms with Crippen LogP contribution in [0, 0.1) is 22.2 Å². The van der Waals surface area contributed by atoms with E-state index in [9.17, 15) is 29.2 Å². The number of piperidine rings is 2. The second-order valence-corrected chi connectivity index (χ2v) is 17.0. The van der Waals surface area contributed by atoms with E-state index in [2.05, 4.69) is 54.3 Å². The van der Waals surface area contributed by atoms with Gasteiger partial charge in [0.05, 0.1) is 27.3 Å². The summed E-state index contributed by atoms with van der Waals surface area (Å²) in [4.78, 5) is 71.4. The molecule has 0 spiro atoms. The monoisotopic (exact) mass is 794 g/mol. The molecule has 4 heterocycles. The number of aryl methyl sites for hydroxylation is 1. The summed E-state index contributed by atoms with van der Waals surface area (Å²) < 4.78 is 12.6. The quantitative estimate of drug-likeness (QED) is 0.177. The average Bonchev–Trinajstić information content (AvgIpc) is 3.43. The van der Waals surface area contributed by atoms with Gasteiger partial charge < -0.3 is 19.7 Å². The van der Waals surface area contributed by atoms with E-state index in [0.29, 0.717) is 27.6 Å². The number of carbonyl (C=O) groups excluding carboxylic acids is 5. The maximum absolute atomic E-state index is 13.3. The Kier molecular flexibility index (Phi) is 11.1. The summed E-state index contributed by atoms with van der Waals surface area (Å²) in [5.74, 6) is -1.21. The SMILES string of the molecule is CC1(C)[C@H](NC(=O)c2ccc(CCCCN3CCC(Oc4ccc5c(c4)C(=O)N(C4CCC(=O)NC4=O)C5=O)CC3)nc2)C(C)(C)[C@H]1Oc1ccc(C#N)c(Cl)c1. The highest BCUT2D eigenvalue weighted by atomic mass is 35.5. The molecule has 1 unspecified atom stereocenters. The lowest BCUT2D eigenvalue weighted by molar-refractivity contribution is -0.164. The molecule has 14 heteroatoms. The second kappa shape index (κ2) is 15.9. The largest absolute Gasteiger partial charge is 0.490 e. The van der Waals surface area contributed by atoms with Crippen molar-refractivity contribution < 1.29 is 33.4 Å². The van der Waals surface area contributed by atoms with E-state index in [0.717, 1.165) is 62.3 Å². The number of hydrogen-bond donors (Lipinski definition) is 2. The van der Waals surface area contributed by atoms with Crippen LogP contribution in [0.2, 0.25) is 5.02 Å². The Hall–Kier alpha value is -5.32. The second-order valence-electron chi connectivity index (χ2n) is 16.6. The molecule has 57 heavy (non-hydrogen) atoms. The van der Waals surface area contributed by atoms with Gasteiger partial charge in [0.1, 0.15) is 35.8 Å². The molecule has 2 saturated heterocycles. The van der Waals surface area contributed by atoms with Crippen LogP contribution in [-0.2, 0) is 16.0 Å². The highest BCUT2D eigenvalue weighted by Crippen LogP contribution is 2.55. The number of fused-ring (bicyclic) bond motifs is 1. The van der Waals surface area contributed by atoms with Gasteiger partial charge in [0.25, 0.3) is 17.7 Å². The Labute approximate surface area is 337 Å². The van der Waals surface area contributed by atoms with Crippen LogP contribution in [0.25, 0.3) is 0 Å². The fourth-order valence-corrected chi connectivity index (χ4v) is 9.34. The van der Waals surface area contributed by atoms with E-state index in [1.54, 1.807) is 42.6 Å². The maximum Gasteiger partial charge on any atom is 0.262 e. The van der Waals surface area contributed by atoms with E-state index in [1.165, 1.54) is 0 Å². The normalized spacial score (nSPS) is 22.9. The van der Waals surface area contributed by atoms with Gasteiger partial charge in [0.15, 0.2) is 0 Å². The highest BCUT2D eigenvalue weighted by Gasteiger charge is 2.64. The van der Waals surface area contributed by atoms with Gasteiger partial charge in [-0.15, -0.1) is 0 Å². The first-order valence-corrected chi connectivity index (χ1v) is 19.9. The van der Waals surface area contributed by atoms with Crippen LogP contribution in [0.1, 0.15) is 109 Å². The Morgan fingerprint density at radius 2 is 1.63 bits per heavy atom. The van der Waals surface area contributed by atoms with Gasteiger partial charge in [-0.05, 0) is 87.5 Å². The zero-order valence-corrected chi connectivity index (χ0v) is 33.4. The molecule has 13 nitrogen and oxygen atoms in total. The fourth-order valence-electron chi connectivity index (χ4n) is 9.13. The van der Waals surface area contributed by atoms with Crippen molar-refractivity contribution in [2.75, 3.05) is 19.6 Å². The van der Waals surface area contributed by atoms with Crippen LogP contribution < -0.4 is 20.1 Å². The molecule has 0 bridgehead atoms. The third-order valence-corrected chi connectivity index (χ3v) is 12.2. The standard InChI is InChI=1S/C43H47ClN6O7/c1-42(2)40(43(3,4)41(42)57-30-11-9-25(23-45)33(44)22-30)48-36(52)26-8-10-27(46-24-26)7-5-6-18-49-19-16-28(17-20-49)56-29-12-13-31-32(21-29)39(55)50(38(31)54)34-14-15-35(51)47-37(34)53/h8-13,21-22,24,28,34,40-41H,5-7,14-20H2,1-4H3,(H,48,52)(H,47,51,53)/t34?,40-,41-. The number of pyridine rings is 1. The number of nitrogens with one attached hydrogen (secondary N) is 2. The Bertz CT molecular complexity index is 2120. The van der Waals surface area contributed by atoms with Gasteiger partial charge in [-0.2, -0.15) is 5.26 Å². The minimum Gasteiger partial charge on any atom is -0.490 e. The molecule has 2 aromatic carbocycles. The summed E-state index contributed by atoms with van der Waals surface area (Å²) in [5.41, 5.74) is 1.54. The summed E-state index contributed by atoms with van der Waals surface area (Å²) in [6.45, 7) is 11.0. The van der Waals surface area contributed by atoms with Gasteiger partial charge in [0, 0.05) is 54.3 Å². The molecule has 298 valence electrons.